The largest absolute Gasteiger partial charge is 0.760 e. The van der Waals surface area contributed by atoms with Gasteiger partial charge in [0, 0.05) is 29.6 Å². The Kier molecular flexibility index (Phi) is 6.18. The van der Waals surface area contributed by atoms with Crippen molar-refractivity contribution in [2.45, 2.75) is 19.8 Å². The maximum atomic E-state index is 14.3. The van der Waals surface area contributed by atoms with Gasteiger partial charge in [-0.05, 0) is 55.7 Å². The van der Waals surface area contributed by atoms with E-state index in [0.717, 1.165) is 6.07 Å². The van der Waals surface area contributed by atoms with Crippen molar-refractivity contribution in [3.63, 3.8) is 0 Å². The minimum Gasteiger partial charge on any atom is -0.760 e. The fraction of sp³-hybridized carbons (Fsp3) is 0.211. The molecule has 1 atom stereocenters. The fourth-order valence-electron chi connectivity index (χ4n) is 2.80. The highest BCUT2D eigenvalue weighted by atomic mass is 32.2. The predicted molar refractivity (Wildman–Crippen MR) is 99.3 cm³/mol. The van der Waals surface area contributed by atoms with Crippen molar-refractivity contribution in [3.05, 3.63) is 70.5 Å². The highest BCUT2D eigenvalue weighted by Gasteiger charge is 2.19. The minimum atomic E-state index is -2.38. The van der Waals surface area contributed by atoms with Crippen molar-refractivity contribution in [3.8, 4) is 0 Å². The van der Waals surface area contributed by atoms with Crippen LogP contribution in [0.3, 0.4) is 0 Å². The summed E-state index contributed by atoms with van der Waals surface area (Å²) in [4.78, 5) is 21.3. The van der Waals surface area contributed by atoms with Gasteiger partial charge >= 0.3 is 0 Å². The van der Waals surface area contributed by atoms with E-state index in [0.29, 0.717) is 28.7 Å². The summed E-state index contributed by atoms with van der Waals surface area (Å²) < 4.78 is 51.4. The zero-order valence-electron chi connectivity index (χ0n) is 14.9. The maximum absolute atomic E-state index is 14.3. The van der Waals surface area contributed by atoms with Gasteiger partial charge in [-0.15, -0.1) is 0 Å². The maximum Gasteiger partial charge on any atom is 0.196 e. The van der Waals surface area contributed by atoms with Gasteiger partial charge in [-0.2, -0.15) is 0 Å². The summed E-state index contributed by atoms with van der Waals surface area (Å²) in [5, 5.41) is 0. The fourth-order valence-corrected chi connectivity index (χ4v) is 3.11. The number of carbonyl (C=O) groups excluding carboxylic acids is 1. The van der Waals surface area contributed by atoms with Crippen molar-refractivity contribution in [2.24, 2.45) is 0 Å². The molecular weight excluding hydrogens is 388 g/mol. The first-order valence-electron chi connectivity index (χ1n) is 8.44. The standard InChI is InChI=1S/C19H17F2N3O3S/c1-11-10-22-16-5-4-13(9-17(16)24-11)19(25)14-7-12(8-15(20)18(14)21)3-2-6-23-28(26)27/h4-5,7-10,23H,2-3,6H2,1H3,(H,26,27)/p-1. The van der Waals surface area contributed by atoms with Crippen LogP contribution in [-0.2, 0) is 17.7 Å². The molecule has 9 heteroatoms. The average molecular weight is 404 g/mol. The number of rotatable bonds is 7. The van der Waals surface area contributed by atoms with Crippen molar-refractivity contribution >= 4 is 28.1 Å². The number of hydrogen-bond donors (Lipinski definition) is 1. The molecule has 0 aliphatic heterocycles. The van der Waals surface area contributed by atoms with Crippen LogP contribution in [0.2, 0.25) is 0 Å². The molecule has 28 heavy (non-hydrogen) atoms. The third kappa shape index (κ3) is 4.61. The number of ketones is 1. The molecule has 1 aromatic heterocycles. The van der Waals surface area contributed by atoms with E-state index in [1.807, 2.05) is 0 Å². The molecule has 0 saturated carbocycles. The smallest absolute Gasteiger partial charge is 0.196 e. The summed E-state index contributed by atoms with van der Waals surface area (Å²) in [6.45, 7) is 1.91. The van der Waals surface area contributed by atoms with E-state index in [2.05, 4.69) is 14.7 Å². The van der Waals surface area contributed by atoms with Crippen molar-refractivity contribution in [1.82, 2.24) is 14.7 Å². The summed E-state index contributed by atoms with van der Waals surface area (Å²) in [5.74, 6) is -3.01. The molecule has 6 nitrogen and oxygen atoms in total. The lowest BCUT2D eigenvalue weighted by molar-refractivity contribution is 0.103. The molecule has 3 aromatic rings. The molecule has 146 valence electrons. The number of benzene rings is 2. The highest BCUT2D eigenvalue weighted by Crippen LogP contribution is 2.21. The number of fused-ring (bicyclic) bond motifs is 1. The van der Waals surface area contributed by atoms with Crippen LogP contribution in [0.5, 0.6) is 0 Å². The number of carbonyl (C=O) groups is 1. The molecule has 0 spiro atoms. The van der Waals surface area contributed by atoms with Crippen LogP contribution in [0.4, 0.5) is 8.78 Å². The molecule has 1 heterocycles. The average Bonchev–Trinajstić information content (AvgIpc) is 2.66. The molecule has 1 N–H and O–H groups in total. The van der Waals surface area contributed by atoms with Gasteiger partial charge in [-0.3, -0.25) is 14.0 Å². The zero-order valence-corrected chi connectivity index (χ0v) is 15.7. The second kappa shape index (κ2) is 8.59. The molecule has 3 rings (SSSR count). The minimum absolute atomic E-state index is 0.154. The first-order chi connectivity index (χ1) is 13.3. The Morgan fingerprint density at radius 1 is 1.21 bits per heavy atom. The van der Waals surface area contributed by atoms with Crippen LogP contribution >= 0.6 is 0 Å². The van der Waals surface area contributed by atoms with Crippen LogP contribution in [0.1, 0.15) is 33.6 Å². The number of aromatic nitrogens is 2. The molecular formula is C19H16F2N3O3S-. The van der Waals surface area contributed by atoms with Crippen LogP contribution in [0.25, 0.3) is 11.0 Å². The normalized spacial score (nSPS) is 12.3. The van der Waals surface area contributed by atoms with Gasteiger partial charge < -0.3 is 4.55 Å². The van der Waals surface area contributed by atoms with Gasteiger partial charge in [0.2, 0.25) is 0 Å². The molecule has 1 unspecified atom stereocenters. The molecule has 0 fully saturated rings. The van der Waals surface area contributed by atoms with Crippen molar-refractivity contribution in [1.29, 1.82) is 0 Å². The van der Waals surface area contributed by atoms with E-state index < -0.39 is 28.7 Å². The Hall–Kier alpha value is -2.62. The van der Waals surface area contributed by atoms with Gasteiger partial charge in [0.15, 0.2) is 17.4 Å². The molecule has 0 aliphatic carbocycles. The van der Waals surface area contributed by atoms with Gasteiger partial charge in [-0.25, -0.2) is 18.5 Å². The number of nitrogens with zero attached hydrogens (tertiary/aromatic N) is 2. The molecule has 0 amide bonds. The van der Waals surface area contributed by atoms with Crippen molar-refractivity contribution < 1.29 is 22.3 Å². The van der Waals surface area contributed by atoms with Crippen molar-refractivity contribution in [2.75, 3.05) is 6.54 Å². The van der Waals surface area contributed by atoms with E-state index >= 15 is 0 Å². The van der Waals surface area contributed by atoms with Gasteiger partial charge in [0.25, 0.3) is 0 Å². The monoisotopic (exact) mass is 404 g/mol. The lowest BCUT2D eigenvalue weighted by Gasteiger charge is -2.10. The number of halogens is 2. The van der Waals surface area contributed by atoms with Crippen LogP contribution in [0.15, 0.2) is 36.5 Å². The Labute approximate surface area is 162 Å². The molecule has 2 aromatic carbocycles. The van der Waals surface area contributed by atoms with Crippen LogP contribution in [-0.4, -0.2) is 31.1 Å². The third-order valence-electron chi connectivity index (χ3n) is 4.12. The Bertz CT molecular complexity index is 1080. The lowest BCUT2D eigenvalue weighted by Crippen LogP contribution is -2.18. The Morgan fingerprint density at radius 3 is 2.75 bits per heavy atom. The summed E-state index contributed by atoms with van der Waals surface area (Å²) in [6.07, 6.45) is 2.25. The molecule has 0 aliphatic rings. The van der Waals surface area contributed by atoms with Crippen LogP contribution in [0, 0.1) is 18.6 Å². The van der Waals surface area contributed by atoms with E-state index in [1.54, 1.807) is 19.2 Å². The van der Waals surface area contributed by atoms with E-state index in [9.17, 15) is 22.3 Å². The molecule has 0 saturated heterocycles. The number of nitrogens with one attached hydrogen (secondary N) is 1. The number of hydrogen-bond acceptors (Lipinski definition) is 5. The SMILES string of the molecule is Cc1cnc2ccc(C(=O)c3cc(CCCNS(=O)[O-])cc(F)c3F)cc2n1. The Balaban J connectivity index is 1.89. The lowest BCUT2D eigenvalue weighted by atomic mass is 9.98. The van der Waals surface area contributed by atoms with Crippen LogP contribution < -0.4 is 4.72 Å². The quantitative estimate of drug-likeness (QED) is 0.371. The second-order valence-corrected chi connectivity index (χ2v) is 6.97. The van der Waals surface area contributed by atoms with E-state index in [-0.39, 0.29) is 24.1 Å². The first-order valence-corrected chi connectivity index (χ1v) is 9.51. The number of aryl methyl sites for hydroxylation is 2. The summed E-state index contributed by atoms with van der Waals surface area (Å²) in [7, 11) is 0. The second-order valence-electron chi connectivity index (χ2n) is 6.22. The van der Waals surface area contributed by atoms with Gasteiger partial charge in [0.1, 0.15) is 0 Å². The molecule has 0 radical (unpaired) electrons. The Morgan fingerprint density at radius 2 is 2.00 bits per heavy atom. The summed E-state index contributed by atoms with van der Waals surface area (Å²) in [6, 6.07) is 6.89. The van der Waals surface area contributed by atoms with E-state index in [1.165, 1.54) is 18.2 Å². The van der Waals surface area contributed by atoms with Gasteiger partial charge in [-0.1, -0.05) is 0 Å². The predicted octanol–water partition coefficient (Wildman–Crippen LogP) is 2.76. The van der Waals surface area contributed by atoms with E-state index in [4.69, 9.17) is 0 Å². The zero-order chi connectivity index (χ0) is 20.3. The summed E-state index contributed by atoms with van der Waals surface area (Å²) in [5.41, 5.74) is 1.94. The molecule has 0 bridgehead atoms. The van der Waals surface area contributed by atoms with Gasteiger partial charge in [0.05, 0.1) is 22.3 Å². The summed E-state index contributed by atoms with van der Waals surface area (Å²) >= 11 is -2.38. The topological polar surface area (TPSA) is 95.0 Å². The third-order valence-corrected chi connectivity index (χ3v) is 4.56. The first kappa shape index (κ1) is 20.1. The highest BCUT2D eigenvalue weighted by molar-refractivity contribution is 7.77.